The third-order valence-electron chi connectivity index (χ3n) is 6.85. The summed E-state index contributed by atoms with van der Waals surface area (Å²) in [5, 5.41) is 3.39. The van der Waals surface area contributed by atoms with Crippen molar-refractivity contribution < 1.29 is 18.0 Å². The van der Waals surface area contributed by atoms with Crippen LogP contribution in [0.25, 0.3) is 5.65 Å². The molecule has 0 aliphatic carbocycles. The number of aromatic nitrogens is 2. The van der Waals surface area contributed by atoms with Crippen LogP contribution < -0.4 is 5.32 Å². The Morgan fingerprint density at radius 3 is 2.35 bits per heavy atom. The first-order chi connectivity index (χ1) is 16.4. The molecule has 0 saturated carbocycles. The van der Waals surface area contributed by atoms with Gasteiger partial charge in [-0.25, -0.2) is 4.98 Å². The van der Waals surface area contributed by atoms with E-state index >= 15 is 0 Å². The lowest BCUT2D eigenvalue weighted by Crippen LogP contribution is -2.48. The van der Waals surface area contributed by atoms with E-state index in [0.29, 0.717) is 44.3 Å². The van der Waals surface area contributed by atoms with E-state index in [9.17, 15) is 18.0 Å². The first kappa shape index (κ1) is 22.9. The number of hydrogen-bond donors (Lipinski definition) is 1. The molecule has 2 aromatic heterocycles. The number of nitrogens with zero attached hydrogens (tertiary/aromatic N) is 4. The summed E-state index contributed by atoms with van der Waals surface area (Å²) in [5.41, 5.74) is 2.68. The minimum absolute atomic E-state index is 0.0821. The molecule has 0 spiro atoms. The van der Waals surface area contributed by atoms with Crippen LogP contribution in [0.3, 0.4) is 0 Å². The maximum Gasteiger partial charge on any atom is 0.416 e. The zero-order valence-corrected chi connectivity index (χ0v) is 18.9. The second-order valence-electron chi connectivity index (χ2n) is 9.14. The van der Waals surface area contributed by atoms with Crippen LogP contribution in [-0.2, 0) is 12.7 Å². The quantitative estimate of drug-likeness (QED) is 0.630. The Bertz CT molecular complexity index is 1140. The Hall–Kier alpha value is -2.91. The van der Waals surface area contributed by atoms with E-state index in [-0.39, 0.29) is 5.91 Å². The Labute approximate surface area is 196 Å². The van der Waals surface area contributed by atoms with E-state index < -0.39 is 11.7 Å². The van der Waals surface area contributed by atoms with Gasteiger partial charge in [-0.2, -0.15) is 13.2 Å². The smallest absolute Gasteiger partial charge is 0.335 e. The first-order valence-electron chi connectivity index (χ1n) is 11.7. The van der Waals surface area contributed by atoms with Crippen molar-refractivity contribution >= 4 is 11.6 Å². The van der Waals surface area contributed by atoms with Gasteiger partial charge in [0.1, 0.15) is 11.3 Å². The SMILES string of the molecule is O=C(c1cn2cc(C3CCNCC3)ccc2n1)N1CCN(Cc2ccc(C(F)(F)F)cc2)CC1. The minimum atomic E-state index is -4.32. The zero-order chi connectivity index (χ0) is 23.7. The third-order valence-corrected chi connectivity index (χ3v) is 6.85. The lowest BCUT2D eigenvalue weighted by atomic mass is 9.91. The van der Waals surface area contributed by atoms with Crippen LogP contribution in [0.5, 0.6) is 0 Å². The van der Waals surface area contributed by atoms with Gasteiger partial charge in [-0.05, 0) is 61.2 Å². The molecule has 34 heavy (non-hydrogen) atoms. The lowest BCUT2D eigenvalue weighted by molar-refractivity contribution is -0.137. The van der Waals surface area contributed by atoms with Crippen molar-refractivity contribution in [3.63, 3.8) is 0 Å². The number of amides is 1. The highest BCUT2D eigenvalue weighted by Gasteiger charge is 2.30. The molecule has 0 bridgehead atoms. The molecule has 2 fully saturated rings. The molecule has 180 valence electrons. The average Bonchev–Trinajstić information content (AvgIpc) is 3.28. The van der Waals surface area contributed by atoms with Crippen LogP contribution in [0.1, 0.15) is 45.9 Å². The van der Waals surface area contributed by atoms with Crippen LogP contribution in [0.2, 0.25) is 0 Å². The molecule has 2 aliphatic heterocycles. The first-order valence-corrected chi connectivity index (χ1v) is 11.7. The fraction of sp³-hybridized carbons (Fsp3) is 0.440. The summed E-state index contributed by atoms with van der Waals surface area (Å²) in [6, 6.07) is 9.39. The van der Waals surface area contributed by atoms with Crippen molar-refractivity contribution in [2.75, 3.05) is 39.3 Å². The van der Waals surface area contributed by atoms with Crippen molar-refractivity contribution in [2.24, 2.45) is 0 Å². The van der Waals surface area contributed by atoms with Gasteiger partial charge < -0.3 is 14.6 Å². The van der Waals surface area contributed by atoms with Crippen LogP contribution >= 0.6 is 0 Å². The van der Waals surface area contributed by atoms with Crippen molar-refractivity contribution in [2.45, 2.75) is 31.5 Å². The lowest BCUT2D eigenvalue weighted by Gasteiger charge is -2.34. The van der Waals surface area contributed by atoms with Gasteiger partial charge in [0.25, 0.3) is 5.91 Å². The van der Waals surface area contributed by atoms with Gasteiger partial charge in [0.2, 0.25) is 0 Å². The number of piperidine rings is 1. The van der Waals surface area contributed by atoms with Gasteiger partial charge in [0.05, 0.1) is 5.56 Å². The van der Waals surface area contributed by atoms with E-state index in [1.165, 1.54) is 17.7 Å². The highest BCUT2D eigenvalue weighted by atomic mass is 19.4. The number of piperazine rings is 1. The van der Waals surface area contributed by atoms with Crippen LogP contribution in [0.4, 0.5) is 13.2 Å². The molecule has 9 heteroatoms. The van der Waals surface area contributed by atoms with E-state index in [4.69, 9.17) is 0 Å². The molecule has 0 unspecified atom stereocenters. The largest absolute Gasteiger partial charge is 0.416 e. The predicted molar refractivity (Wildman–Crippen MR) is 123 cm³/mol. The van der Waals surface area contributed by atoms with Crippen molar-refractivity contribution in [3.05, 3.63) is 71.2 Å². The van der Waals surface area contributed by atoms with E-state index in [1.807, 2.05) is 16.7 Å². The summed E-state index contributed by atoms with van der Waals surface area (Å²) >= 11 is 0. The summed E-state index contributed by atoms with van der Waals surface area (Å²) in [5.74, 6) is 0.450. The maximum atomic E-state index is 13.1. The Kier molecular flexibility index (Phi) is 6.31. The van der Waals surface area contributed by atoms with Gasteiger partial charge in [-0.3, -0.25) is 9.69 Å². The summed E-state index contributed by atoms with van der Waals surface area (Å²) in [7, 11) is 0. The van der Waals surface area contributed by atoms with Crippen LogP contribution in [0.15, 0.2) is 48.8 Å². The number of hydrogen-bond acceptors (Lipinski definition) is 4. The van der Waals surface area contributed by atoms with Crippen LogP contribution in [-0.4, -0.2) is 64.4 Å². The number of alkyl halides is 3. The molecule has 0 radical (unpaired) electrons. The third kappa shape index (κ3) is 4.95. The molecule has 1 amide bonds. The number of benzene rings is 1. The second-order valence-corrected chi connectivity index (χ2v) is 9.14. The standard InChI is InChI=1S/C25H28F3N5O/c26-25(27,28)21-4-1-18(2-5-21)15-31-11-13-32(14-12-31)24(34)22-17-33-16-20(3-6-23(33)30-22)19-7-9-29-10-8-19/h1-6,16-17,19,29H,7-15H2. The molecule has 2 saturated heterocycles. The van der Waals surface area contributed by atoms with Gasteiger partial charge in [0, 0.05) is 45.1 Å². The normalized spacial score (nSPS) is 18.5. The Balaban J connectivity index is 1.19. The molecule has 5 rings (SSSR count). The summed E-state index contributed by atoms with van der Waals surface area (Å²) in [6.45, 7) is 5.08. The van der Waals surface area contributed by atoms with Gasteiger partial charge >= 0.3 is 6.18 Å². The molecular weight excluding hydrogens is 443 g/mol. The van der Waals surface area contributed by atoms with E-state index in [2.05, 4.69) is 27.5 Å². The summed E-state index contributed by atoms with van der Waals surface area (Å²) < 4.78 is 40.2. The fourth-order valence-electron chi connectivity index (χ4n) is 4.84. The number of imidazole rings is 1. The molecule has 3 aromatic rings. The zero-order valence-electron chi connectivity index (χ0n) is 18.9. The molecule has 1 aromatic carbocycles. The molecule has 0 atom stereocenters. The second kappa shape index (κ2) is 9.38. The number of rotatable bonds is 4. The van der Waals surface area contributed by atoms with Gasteiger partial charge in [-0.1, -0.05) is 18.2 Å². The predicted octanol–water partition coefficient (Wildman–Crippen LogP) is 3.78. The van der Waals surface area contributed by atoms with E-state index in [0.717, 1.165) is 49.3 Å². The molecular formula is C25H28F3N5O. The number of fused-ring (bicyclic) bond motifs is 1. The Morgan fingerprint density at radius 1 is 0.971 bits per heavy atom. The number of carbonyl (C=O) groups is 1. The number of carbonyl (C=O) groups excluding carboxylic acids is 1. The number of nitrogens with one attached hydrogen (secondary N) is 1. The topological polar surface area (TPSA) is 52.9 Å². The summed E-state index contributed by atoms with van der Waals surface area (Å²) in [4.78, 5) is 21.6. The Morgan fingerprint density at radius 2 is 1.68 bits per heavy atom. The van der Waals surface area contributed by atoms with Crippen molar-refractivity contribution in [1.29, 1.82) is 0 Å². The van der Waals surface area contributed by atoms with Crippen LogP contribution in [0, 0.1) is 0 Å². The molecule has 1 N–H and O–H groups in total. The average molecular weight is 472 g/mol. The highest BCUT2D eigenvalue weighted by Crippen LogP contribution is 2.29. The molecule has 2 aliphatic rings. The summed E-state index contributed by atoms with van der Waals surface area (Å²) in [6.07, 6.45) is 1.82. The molecule has 6 nitrogen and oxygen atoms in total. The van der Waals surface area contributed by atoms with E-state index in [1.54, 1.807) is 4.90 Å². The van der Waals surface area contributed by atoms with Crippen molar-refractivity contribution in [1.82, 2.24) is 24.5 Å². The van der Waals surface area contributed by atoms with Gasteiger partial charge in [0.15, 0.2) is 0 Å². The number of pyridine rings is 1. The minimum Gasteiger partial charge on any atom is -0.335 e. The van der Waals surface area contributed by atoms with Crippen molar-refractivity contribution in [3.8, 4) is 0 Å². The maximum absolute atomic E-state index is 13.1. The monoisotopic (exact) mass is 471 g/mol. The molecule has 4 heterocycles. The fourth-order valence-corrected chi connectivity index (χ4v) is 4.84. The van der Waals surface area contributed by atoms with Gasteiger partial charge in [-0.15, -0.1) is 0 Å². The highest BCUT2D eigenvalue weighted by molar-refractivity contribution is 5.93. The number of halogens is 3.